The monoisotopic (exact) mass is 459 g/mol. The van der Waals surface area contributed by atoms with Gasteiger partial charge in [0, 0.05) is 43.7 Å². The van der Waals surface area contributed by atoms with Gasteiger partial charge >= 0.3 is 0 Å². The molecule has 0 amide bonds. The summed E-state index contributed by atoms with van der Waals surface area (Å²) in [5.41, 5.74) is 3.92. The van der Waals surface area contributed by atoms with Crippen LogP contribution in [0.5, 0.6) is 5.75 Å². The highest BCUT2D eigenvalue weighted by molar-refractivity contribution is 5.91. The lowest BCUT2D eigenvalue weighted by atomic mass is 9.91. The van der Waals surface area contributed by atoms with Crippen LogP contribution in [0, 0.1) is 0 Å². The van der Waals surface area contributed by atoms with Gasteiger partial charge in [-0.05, 0) is 68.4 Å². The Bertz CT molecular complexity index is 1140. The van der Waals surface area contributed by atoms with Gasteiger partial charge in [-0.1, -0.05) is 30.3 Å². The van der Waals surface area contributed by atoms with Crippen molar-refractivity contribution in [1.29, 1.82) is 0 Å². The molecule has 1 saturated carbocycles. The van der Waals surface area contributed by atoms with Crippen LogP contribution in [0.25, 0.3) is 10.8 Å². The number of aryl methyl sites for hydroxylation is 1. The van der Waals surface area contributed by atoms with Crippen molar-refractivity contribution >= 4 is 22.5 Å². The Morgan fingerprint density at radius 1 is 0.912 bits per heavy atom. The number of hydrogen-bond donors (Lipinski definition) is 2. The van der Waals surface area contributed by atoms with E-state index in [4.69, 9.17) is 14.7 Å². The molecule has 2 aliphatic rings. The summed E-state index contributed by atoms with van der Waals surface area (Å²) < 4.78 is 5.55. The number of methoxy groups -OCH3 is 1. The molecule has 1 heterocycles. The van der Waals surface area contributed by atoms with E-state index < -0.39 is 0 Å². The molecule has 1 aromatic heterocycles. The summed E-state index contributed by atoms with van der Waals surface area (Å²) in [7, 11) is 5.91. The molecule has 34 heavy (non-hydrogen) atoms. The van der Waals surface area contributed by atoms with Gasteiger partial charge in [-0.2, -0.15) is 4.98 Å². The van der Waals surface area contributed by atoms with E-state index in [-0.39, 0.29) is 0 Å². The normalized spacial score (nSPS) is 20.1. The third-order valence-electron chi connectivity index (χ3n) is 7.42. The molecule has 2 aliphatic carbocycles. The summed E-state index contributed by atoms with van der Waals surface area (Å²) in [6.07, 6.45) is 9.25. The van der Waals surface area contributed by atoms with Crippen molar-refractivity contribution in [2.75, 3.05) is 31.4 Å². The molecule has 0 unspecified atom stereocenters. The molecule has 5 rings (SSSR count). The molecule has 0 spiro atoms. The van der Waals surface area contributed by atoms with Gasteiger partial charge in [-0.25, -0.2) is 4.98 Å². The van der Waals surface area contributed by atoms with Crippen molar-refractivity contribution < 1.29 is 4.74 Å². The number of anilines is 2. The SMILES string of the molecule is COc1ccc(CNC2CCC(Nc3nc4c(c(N(C)C)n3)CCCC4)CC2)c2ccccc12. The molecule has 1 fully saturated rings. The minimum Gasteiger partial charge on any atom is -0.496 e. The van der Waals surface area contributed by atoms with E-state index in [1.807, 2.05) is 0 Å². The summed E-state index contributed by atoms with van der Waals surface area (Å²) in [5.74, 6) is 2.84. The standard InChI is InChI=1S/C28H37N5O/c1-33(2)27-24-10-6-7-11-25(24)31-28(32-27)30-21-15-13-20(14-16-21)29-18-19-12-17-26(34-3)23-9-5-4-8-22(19)23/h4-5,8-9,12,17,20-21,29H,6-7,10-11,13-16,18H2,1-3H3,(H,30,31,32). The fourth-order valence-corrected chi connectivity index (χ4v) is 5.55. The van der Waals surface area contributed by atoms with Crippen LogP contribution in [0.1, 0.15) is 55.3 Å². The second-order valence-electron chi connectivity index (χ2n) is 9.94. The minimum atomic E-state index is 0.441. The molecular weight excluding hydrogens is 422 g/mol. The maximum absolute atomic E-state index is 5.55. The van der Waals surface area contributed by atoms with Crippen LogP contribution in [0.2, 0.25) is 0 Å². The number of fused-ring (bicyclic) bond motifs is 2. The molecular formula is C28H37N5O. The van der Waals surface area contributed by atoms with Gasteiger partial charge in [0.25, 0.3) is 0 Å². The number of ether oxygens (including phenoxy) is 1. The highest BCUT2D eigenvalue weighted by Crippen LogP contribution is 2.31. The number of nitrogens with one attached hydrogen (secondary N) is 2. The van der Waals surface area contributed by atoms with E-state index in [2.05, 4.69) is 66.0 Å². The quantitative estimate of drug-likeness (QED) is 0.513. The molecule has 0 bridgehead atoms. The number of rotatable bonds is 7. The Hall–Kier alpha value is -2.86. The third-order valence-corrected chi connectivity index (χ3v) is 7.42. The van der Waals surface area contributed by atoms with Crippen LogP contribution in [-0.2, 0) is 19.4 Å². The van der Waals surface area contributed by atoms with E-state index in [0.717, 1.165) is 62.6 Å². The van der Waals surface area contributed by atoms with Crippen LogP contribution in [0.15, 0.2) is 36.4 Å². The van der Waals surface area contributed by atoms with Crippen molar-refractivity contribution in [3.63, 3.8) is 0 Å². The summed E-state index contributed by atoms with van der Waals surface area (Å²) in [6.45, 7) is 0.882. The molecule has 6 heteroatoms. The molecule has 2 aromatic carbocycles. The molecule has 0 saturated heterocycles. The molecule has 6 nitrogen and oxygen atoms in total. The zero-order chi connectivity index (χ0) is 23.5. The second kappa shape index (κ2) is 10.2. The number of benzene rings is 2. The topological polar surface area (TPSA) is 62.3 Å². The van der Waals surface area contributed by atoms with Gasteiger partial charge in [0.2, 0.25) is 5.95 Å². The van der Waals surface area contributed by atoms with Gasteiger partial charge in [0.15, 0.2) is 0 Å². The Morgan fingerprint density at radius 2 is 1.65 bits per heavy atom. The highest BCUT2D eigenvalue weighted by atomic mass is 16.5. The van der Waals surface area contributed by atoms with Gasteiger partial charge in [-0.3, -0.25) is 0 Å². The number of aromatic nitrogens is 2. The van der Waals surface area contributed by atoms with Crippen LogP contribution in [0.4, 0.5) is 11.8 Å². The van der Waals surface area contributed by atoms with Crippen LogP contribution >= 0.6 is 0 Å². The minimum absolute atomic E-state index is 0.441. The Morgan fingerprint density at radius 3 is 2.41 bits per heavy atom. The third kappa shape index (κ3) is 4.83. The molecule has 0 atom stereocenters. The summed E-state index contributed by atoms with van der Waals surface area (Å²) >= 11 is 0. The average molecular weight is 460 g/mol. The molecule has 2 N–H and O–H groups in total. The number of hydrogen-bond acceptors (Lipinski definition) is 6. The summed E-state index contributed by atoms with van der Waals surface area (Å²) in [6, 6.07) is 13.8. The Labute approximate surface area is 203 Å². The smallest absolute Gasteiger partial charge is 0.225 e. The van der Waals surface area contributed by atoms with Gasteiger partial charge in [-0.15, -0.1) is 0 Å². The van der Waals surface area contributed by atoms with E-state index in [1.165, 1.54) is 40.4 Å². The summed E-state index contributed by atoms with van der Waals surface area (Å²) in [4.78, 5) is 11.9. The van der Waals surface area contributed by atoms with Crippen molar-refractivity contribution in [3.05, 3.63) is 53.2 Å². The number of nitrogens with zero attached hydrogens (tertiary/aromatic N) is 3. The van der Waals surface area contributed by atoms with Gasteiger partial charge < -0.3 is 20.3 Å². The Kier molecular flexibility index (Phi) is 6.86. The van der Waals surface area contributed by atoms with Crippen molar-refractivity contribution in [2.24, 2.45) is 0 Å². The maximum atomic E-state index is 5.55. The first-order chi connectivity index (χ1) is 16.6. The average Bonchev–Trinajstić information content (AvgIpc) is 2.87. The van der Waals surface area contributed by atoms with Crippen molar-refractivity contribution in [3.8, 4) is 5.75 Å². The van der Waals surface area contributed by atoms with Crippen LogP contribution in [0.3, 0.4) is 0 Å². The van der Waals surface area contributed by atoms with Crippen molar-refractivity contribution in [1.82, 2.24) is 15.3 Å². The lowest BCUT2D eigenvalue weighted by Crippen LogP contribution is -2.37. The van der Waals surface area contributed by atoms with Gasteiger partial charge in [0.05, 0.1) is 12.8 Å². The summed E-state index contributed by atoms with van der Waals surface area (Å²) in [5, 5.41) is 9.93. The maximum Gasteiger partial charge on any atom is 0.225 e. The molecule has 0 aliphatic heterocycles. The van der Waals surface area contributed by atoms with Crippen LogP contribution < -0.4 is 20.3 Å². The fraction of sp³-hybridized carbons (Fsp3) is 0.500. The van der Waals surface area contributed by atoms with E-state index in [0.29, 0.717) is 12.1 Å². The second-order valence-corrected chi connectivity index (χ2v) is 9.94. The zero-order valence-electron chi connectivity index (χ0n) is 20.7. The van der Waals surface area contributed by atoms with E-state index in [9.17, 15) is 0 Å². The molecule has 3 aromatic rings. The molecule has 0 radical (unpaired) electrons. The first kappa shape index (κ1) is 22.9. The fourth-order valence-electron chi connectivity index (χ4n) is 5.55. The first-order valence-corrected chi connectivity index (χ1v) is 12.7. The lowest BCUT2D eigenvalue weighted by Gasteiger charge is -2.31. The first-order valence-electron chi connectivity index (χ1n) is 12.7. The Balaban J connectivity index is 1.19. The largest absolute Gasteiger partial charge is 0.496 e. The molecule has 180 valence electrons. The van der Waals surface area contributed by atoms with Crippen LogP contribution in [-0.4, -0.2) is 43.3 Å². The zero-order valence-corrected chi connectivity index (χ0v) is 20.7. The predicted octanol–water partition coefficient (Wildman–Crippen LogP) is 5.10. The van der Waals surface area contributed by atoms with Crippen molar-refractivity contribution in [2.45, 2.75) is 70.0 Å². The highest BCUT2D eigenvalue weighted by Gasteiger charge is 2.24. The predicted molar refractivity (Wildman–Crippen MR) is 140 cm³/mol. The van der Waals surface area contributed by atoms with E-state index >= 15 is 0 Å². The van der Waals surface area contributed by atoms with E-state index in [1.54, 1.807) is 7.11 Å². The van der Waals surface area contributed by atoms with Gasteiger partial charge in [0.1, 0.15) is 11.6 Å². The lowest BCUT2D eigenvalue weighted by molar-refractivity contribution is 0.352.